The predicted octanol–water partition coefficient (Wildman–Crippen LogP) is 2.52. The van der Waals surface area contributed by atoms with Gasteiger partial charge in [0.05, 0.1) is 10.6 Å². The van der Waals surface area contributed by atoms with Gasteiger partial charge in [-0.25, -0.2) is 0 Å². The lowest BCUT2D eigenvalue weighted by molar-refractivity contribution is 0.431. The average Bonchev–Trinajstić information content (AvgIpc) is 2.71. The van der Waals surface area contributed by atoms with E-state index in [1.54, 1.807) is 4.90 Å². The number of anilines is 1. The van der Waals surface area contributed by atoms with Crippen LogP contribution < -0.4 is 4.90 Å². The van der Waals surface area contributed by atoms with Crippen LogP contribution in [0.25, 0.3) is 11.5 Å². The summed E-state index contributed by atoms with van der Waals surface area (Å²) in [7, 11) is 3.70. The first-order chi connectivity index (χ1) is 6.68. The minimum atomic E-state index is 0.458. The van der Waals surface area contributed by atoms with Crippen molar-refractivity contribution in [2.24, 2.45) is 0 Å². The first kappa shape index (κ1) is 9.48. The molecule has 2 heterocycles. The van der Waals surface area contributed by atoms with Crippen LogP contribution in [0.3, 0.4) is 0 Å². The molecule has 0 N–H and O–H groups in total. The third-order valence-corrected chi connectivity index (χ3v) is 2.85. The second-order valence-electron chi connectivity index (χ2n) is 2.93. The van der Waals surface area contributed by atoms with Crippen LogP contribution in [-0.4, -0.2) is 24.2 Å². The summed E-state index contributed by atoms with van der Waals surface area (Å²) in [6.07, 6.45) is 0. The first-order valence-electron chi connectivity index (χ1n) is 3.91. The molecule has 74 valence electrons. The van der Waals surface area contributed by atoms with Gasteiger partial charge in [0.2, 0.25) is 0 Å². The summed E-state index contributed by atoms with van der Waals surface area (Å²) < 4.78 is 5.07. The van der Waals surface area contributed by atoms with Crippen LogP contribution in [0.4, 0.5) is 5.95 Å². The molecule has 0 radical (unpaired) electrons. The number of halogens is 1. The fraction of sp³-hybridized carbons (Fsp3) is 0.250. The summed E-state index contributed by atoms with van der Waals surface area (Å²) in [5.74, 6) is 1.00. The summed E-state index contributed by atoms with van der Waals surface area (Å²) >= 11 is 7.44. The lowest BCUT2D eigenvalue weighted by atomic mass is 10.3. The molecule has 2 rings (SSSR count). The van der Waals surface area contributed by atoms with Gasteiger partial charge in [-0.1, -0.05) is 11.6 Å². The smallest absolute Gasteiger partial charge is 0.265 e. The Balaban J connectivity index is 2.39. The van der Waals surface area contributed by atoms with Gasteiger partial charge in [0, 0.05) is 24.9 Å². The fourth-order valence-electron chi connectivity index (χ4n) is 0.941. The Morgan fingerprint density at radius 2 is 2.21 bits per heavy atom. The summed E-state index contributed by atoms with van der Waals surface area (Å²) in [5.41, 5.74) is 0.789. The van der Waals surface area contributed by atoms with Gasteiger partial charge in [0.1, 0.15) is 0 Å². The van der Waals surface area contributed by atoms with E-state index in [9.17, 15) is 0 Å². The van der Waals surface area contributed by atoms with Crippen molar-refractivity contribution in [2.75, 3.05) is 19.0 Å². The molecule has 0 aliphatic rings. The average molecular weight is 230 g/mol. The lowest BCUT2D eigenvalue weighted by Gasteiger charge is -2.02. The normalized spacial score (nSPS) is 10.5. The topological polar surface area (TPSA) is 42.2 Å². The molecule has 2 aromatic rings. The number of hydrogen-bond acceptors (Lipinski definition) is 5. The quantitative estimate of drug-likeness (QED) is 0.794. The molecule has 0 fully saturated rings. The van der Waals surface area contributed by atoms with E-state index in [1.165, 1.54) is 11.3 Å². The van der Waals surface area contributed by atoms with E-state index in [1.807, 2.05) is 24.9 Å². The predicted molar refractivity (Wildman–Crippen MR) is 56.9 cm³/mol. The summed E-state index contributed by atoms with van der Waals surface area (Å²) in [6, 6.07) is 0. The second-order valence-corrected chi connectivity index (χ2v) is 4.08. The molecule has 0 aliphatic heterocycles. The molecule has 0 spiro atoms. The van der Waals surface area contributed by atoms with E-state index in [0.717, 1.165) is 5.56 Å². The number of thiophene rings is 1. The monoisotopic (exact) mass is 229 g/mol. The number of nitrogens with zero attached hydrogens (tertiary/aromatic N) is 3. The maximum Gasteiger partial charge on any atom is 0.265 e. The number of aromatic nitrogens is 2. The molecule has 0 bridgehead atoms. The first-order valence-corrected chi connectivity index (χ1v) is 5.23. The van der Waals surface area contributed by atoms with Crippen LogP contribution in [0.2, 0.25) is 5.02 Å². The van der Waals surface area contributed by atoms with E-state index in [2.05, 4.69) is 10.1 Å². The molecule has 4 nitrogen and oxygen atoms in total. The van der Waals surface area contributed by atoms with Crippen molar-refractivity contribution < 1.29 is 4.52 Å². The Bertz CT molecular complexity index is 437. The molecule has 0 aromatic carbocycles. The minimum absolute atomic E-state index is 0.458. The third kappa shape index (κ3) is 1.60. The van der Waals surface area contributed by atoms with Crippen molar-refractivity contribution in [3.05, 3.63) is 15.8 Å². The zero-order valence-corrected chi connectivity index (χ0v) is 9.26. The van der Waals surface area contributed by atoms with Crippen LogP contribution in [0.1, 0.15) is 0 Å². The standard InChI is InChI=1S/C8H8ClN3OS/c1-12(2)8-10-7(13-11-8)5-3-14-4-6(5)9/h3-4H,1-2H3. The molecule has 0 aliphatic carbocycles. The molecule has 0 unspecified atom stereocenters. The van der Waals surface area contributed by atoms with Crippen LogP contribution in [0.15, 0.2) is 15.3 Å². The zero-order chi connectivity index (χ0) is 10.1. The van der Waals surface area contributed by atoms with Crippen molar-refractivity contribution >= 4 is 28.9 Å². The van der Waals surface area contributed by atoms with Crippen molar-refractivity contribution in [1.82, 2.24) is 10.1 Å². The largest absolute Gasteiger partial charge is 0.344 e. The Labute approximate surface area is 90.1 Å². The Hall–Kier alpha value is -1.07. The maximum absolute atomic E-state index is 5.93. The SMILES string of the molecule is CN(C)c1noc(-c2cscc2Cl)n1. The van der Waals surface area contributed by atoms with Crippen molar-refractivity contribution in [2.45, 2.75) is 0 Å². The molecule has 0 atom stereocenters. The van der Waals surface area contributed by atoms with Crippen LogP contribution in [0.5, 0.6) is 0 Å². The van der Waals surface area contributed by atoms with Crippen molar-refractivity contribution in [3.8, 4) is 11.5 Å². The highest BCUT2D eigenvalue weighted by molar-refractivity contribution is 7.08. The maximum atomic E-state index is 5.93. The van der Waals surface area contributed by atoms with Gasteiger partial charge in [-0.3, -0.25) is 0 Å². The van der Waals surface area contributed by atoms with Crippen LogP contribution >= 0.6 is 22.9 Å². The van der Waals surface area contributed by atoms with E-state index in [-0.39, 0.29) is 0 Å². The summed E-state index contributed by atoms with van der Waals surface area (Å²) in [5, 5.41) is 8.16. The highest BCUT2D eigenvalue weighted by atomic mass is 35.5. The zero-order valence-electron chi connectivity index (χ0n) is 7.69. The van der Waals surface area contributed by atoms with Gasteiger partial charge >= 0.3 is 0 Å². The van der Waals surface area contributed by atoms with Crippen LogP contribution in [0, 0.1) is 0 Å². The van der Waals surface area contributed by atoms with Gasteiger partial charge in [-0.2, -0.15) is 4.98 Å². The molecule has 0 saturated heterocycles. The Morgan fingerprint density at radius 3 is 2.71 bits per heavy atom. The summed E-state index contributed by atoms with van der Waals surface area (Å²) in [6.45, 7) is 0. The lowest BCUT2D eigenvalue weighted by Crippen LogP contribution is -2.09. The van der Waals surface area contributed by atoms with E-state index >= 15 is 0 Å². The Morgan fingerprint density at radius 1 is 1.43 bits per heavy atom. The van der Waals surface area contributed by atoms with Crippen molar-refractivity contribution in [3.63, 3.8) is 0 Å². The molecular weight excluding hydrogens is 222 g/mol. The van der Waals surface area contributed by atoms with Gasteiger partial charge in [0.25, 0.3) is 11.8 Å². The highest BCUT2D eigenvalue weighted by Crippen LogP contribution is 2.30. The van der Waals surface area contributed by atoms with Crippen LogP contribution in [-0.2, 0) is 0 Å². The summed E-state index contributed by atoms with van der Waals surface area (Å²) in [4.78, 5) is 5.95. The molecule has 6 heteroatoms. The molecule has 2 aromatic heterocycles. The minimum Gasteiger partial charge on any atom is -0.344 e. The van der Waals surface area contributed by atoms with Gasteiger partial charge in [-0.15, -0.1) is 11.3 Å². The fourth-order valence-corrected chi connectivity index (χ4v) is 1.97. The van der Waals surface area contributed by atoms with Gasteiger partial charge in [-0.05, 0) is 5.16 Å². The molecule has 0 saturated carbocycles. The van der Waals surface area contributed by atoms with Gasteiger partial charge < -0.3 is 9.42 Å². The second kappa shape index (κ2) is 3.59. The molecular formula is C8H8ClN3OS. The molecule has 0 amide bonds. The third-order valence-electron chi connectivity index (χ3n) is 1.66. The van der Waals surface area contributed by atoms with Crippen molar-refractivity contribution in [1.29, 1.82) is 0 Å². The number of hydrogen-bond donors (Lipinski definition) is 0. The van der Waals surface area contributed by atoms with E-state index < -0.39 is 0 Å². The van der Waals surface area contributed by atoms with E-state index in [0.29, 0.717) is 16.9 Å². The Kier molecular flexibility index (Phi) is 2.43. The highest BCUT2D eigenvalue weighted by Gasteiger charge is 2.13. The number of rotatable bonds is 2. The molecule has 14 heavy (non-hydrogen) atoms. The van der Waals surface area contributed by atoms with Gasteiger partial charge in [0.15, 0.2) is 0 Å². The van der Waals surface area contributed by atoms with E-state index in [4.69, 9.17) is 16.1 Å².